The van der Waals surface area contributed by atoms with Gasteiger partial charge >= 0.3 is 0 Å². The zero-order valence-corrected chi connectivity index (χ0v) is 31.8. The van der Waals surface area contributed by atoms with Crippen molar-refractivity contribution < 1.29 is 4.42 Å². The second kappa shape index (κ2) is 15.4. The van der Waals surface area contributed by atoms with Gasteiger partial charge in [-0.2, -0.15) is 0 Å². The van der Waals surface area contributed by atoms with Crippen molar-refractivity contribution in [2.24, 2.45) is 0 Å². The highest BCUT2D eigenvalue weighted by atomic mass is 16.3. The van der Waals surface area contributed by atoms with Gasteiger partial charge in [0.15, 0.2) is 0 Å². The number of nitrogens with zero attached hydrogens (tertiary/aromatic N) is 3. The standard InChI is InChI=1S/C54H39N3O/c1-6-20-41(21-7-1)55(42-22-8-2-9-23-42)47-36-40(37-48(38-47)56(43-24-10-3-11-25-43)44-26-12-4-13-27-44)49-30-16-18-32-52(49)57(45-28-14-5-15-29-45)46-34-35-54-51(39-46)50-31-17-19-33-53(50)58-54/h1-39H. The first-order valence-electron chi connectivity index (χ1n) is 19.6. The molecule has 4 heteroatoms. The Balaban J connectivity index is 1.23. The van der Waals surface area contributed by atoms with E-state index in [-0.39, 0.29) is 0 Å². The Labute approximate surface area is 338 Å². The quantitative estimate of drug-likeness (QED) is 0.139. The van der Waals surface area contributed by atoms with Crippen LogP contribution < -0.4 is 14.7 Å². The van der Waals surface area contributed by atoms with Gasteiger partial charge in [0.05, 0.1) is 5.69 Å². The number of rotatable bonds is 10. The van der Waals surface area contributed by atoms with Crippen LogP contribution in [0.5, 0.6) is 0 Å². The van der Waals surface area contributed by atoms with Gasteiger partial charge in [-0.15, -0.1) is 0 Å². The van der Waals surface area contributed by atoms with Crippen molar-refractivity contribution in [2.45, 2.75) is 0 Å². The molecule has 0 bridgehead atoms. The van der Waals surface area contributed by atoms with Crippen LogP contribution in [0.4, 0.5) is 51.2 Å². The summed E-state index contributed by atoms with van der Waals surface area (Å²) in [7, 11) is 0. The Morgan fingerprint density at radius 1 is 0.259 bits per heavy atom. The van der Waals surface area contributed by atoms with Crippen LogP contribution in [0.1, 0.15) is 0 Å². The molecule has 9 aromatic carbocycles. The molecule has 0 aliphatic rings. The summed E-state index contributed by atoms with van der Waals surface area (Å²) in [5.41, 5.74) is 13.4. The molecule has 10 rings (SSSR count). The van der Waals surface area contributed by atoms with Gasteiger partial charge in [0.1, 0.15) is 11.2 Å². The average Bonchev–Trinajstić information content (AvgIpc) is 3.67. The van der Waals surface area contributed by atoms with E-state index in [1.807, 2.05) is 12.1 Å². The van der Waals surface area contributed by atoms with Crippen LogP contribution in [-0.4, -0.2) is 0 Å². The van der Waals surface area contributed by atoms with Gasteiger partial charge < -0.3 is 19.1 Å². The monoisotopic (exact) mass is 745 g/mol. The molecule has 0 amide bonds. The zero-order valence-electron chi connectivity index (χ0n) is 31.8. The second-order valence-electron chi connectivity index (χ2n) is 14.2. The van der Waals surface area contributed by atoms with Crippen LogP contribution in [0.25, 0.3) is 33.1 Å². The van der Waals surface area contributed by atoms with E-state index < -0.39 is 0 Å². The molecule has 276 valence electrons. The summed E-state index contributed by atoms with van der Waals surface area (Å²) in [4.78, 5) is 7.05. The van der Waals surface area contributed by atoms with Gasteiger partial charge in [-0.05, 0) is 115 Å². The first kappa shape index (κ1) is 34.7. The maximum absolute atomic E-state index is 6.28. The summed E-state index contributed by atoms with van der Waals surface area (Å²) in [6.07, 6.45) is 0. The lowest BCUT2D eigenvalue weighted by molar-refractivity contribution is 0.669. The zero-order chi connectivity index (χ0) is 38.7. The molecule has 58 heavy (non-hydrogen) atoms. The van der Waals surface area contributed by atoms with E-state index >= 15 is 0 Å². The van der Waals surface area contributed by atoms with E-state index in [1.54, 1.807) is 0 Å². The van der Waals surface area contributed by atoms with Crippen molar-refractivity contribution in [1.29, 1.82) is 0 Å². The lowest BCUT2D eigenvalue weighted by Crippen LogP contribution is -2.14. The molecule has 0 aliphatic heterocycles. The summed E-state index contributed by atoms with van der Waals surface area (Å²) < 4.78 is 6.28. The summed E-state index contributed by atoms with van der Waals surface area (Å²) in [5, 5.41) is 2.18. The highest BCUT2D eigenvalue weighted by molar-refractivity contribution is 6.07. The molecule has 0 unspecified atom stereocenters. The van der Waals surface area contributed by atoms with Crippen LogP contribution in [0, 0.1) is 0 Å². The minimum Gasteiger partial charge on any atom is -0.456 e. The van der Waals surface area contributed by atoms with E-state index in [0.717, 1.165) is 84.3 Å². The van der Waals surface area contributed by atoms with Crippen molar-refractivity contribution in [3.8, 4) is 11.1 Å². The Bertz CT molecular complexity index is 2770. The lowest BCUT2D eigenvalue weighted by atomic mass is 9.98. The van der Waals surface area contributed by atoms with Crippen LogP contribution in [0.15, 0.2) is 241 Å². The predicted octanol–water partition coefficient (Wildman–Crippen LogP) is 15.7. The van der Waals surface area contributed by atoms with Gasteiger partial charge in [-0.3, -0.25) is 0 Å². The summed E-state index contributed by atoms with van der Waals surface area (Å²) in [5.74, 6) is 0. The number of fused-ring (bicyclic) bond motifs is 3. The molecule has 0 fully saturated rings. The minimum absolute atomic E-state index is 0.868. The molecule has 1 aromatic heterocycles. The summed E-state index contributed by atoms with van der Waals surface area (Å²) >= 11 is 0. The summed E-state index contributed by atoms with van der Waals surface area (Å²) in [6.45, 7) is 0. The molecular formula is C54H39N3O. The third kappa shape index (κ3) is 6.63. The fraction of sp³-hybridized carbons (Fsp3) is 0. The normalized spacial score (nSPS) is 11.1. The van der Waals surface area contributed by atoms with Crippen LogP contribution in [0.3, 0.4) is 0 Å². The third-order valence-electron chi connectivity index (χ3n) is 10.6. The Hall–Kier alpha value is -7.82. The van der Waals surface area contributed by atoms with Crippen molar-refractivity contribution in [1.82, 2.24) is 0 Å². The first-order chi connectivity index (χ1) is 28.8. The van der Waals surface area contributed by atoms with Crippen molar-refractivity contribution in [2.75, 3.05) is 14.7 Å². The molecule has 0 saturated heterocycles. The van der Waals surface area contributed by atoms with E-state index in [0.29, 0.717) is 0 Å². The van der Waals surface area contributed by atoms with Crippen LogP contribution in [0.2, 0.25) is 0 Å². The fourth-order valence-electron chi connectivity index (χ4n) is 7.98. The number of hydrogen-bond acceptors (Lipinski definition) is 4. The molecule has 0 N–H and O–H groups in total. The molecular weight excluding hydrogens is 707 g/mol. The molecule has 0 radical (unpaired) electrons. The molecule has 0 saturated carbocycles. The maximum Gasteiger partial charge on any atom is 0.135 e. The Morgan fingerprint density at radius 3 is 1.19 bits per heavy atom. The number of hydrogen-bond donors (Lipinski definition) is 0. The van der Waals surface area contributed by atoms with E-state index in [4.69, 9.17) is 4.42 Å². The van der Waals surface area contributed by atoms with E-state index in [9.17, 15) is 0 Å². The van der Waals surface area contributed by atoms with Crippen molar-refractivity contribution >= 4 is 73.1 Å². The van der Waals surface area contributed by atoms with Gasteiger partial charge in [0, 0.05) is 61.8 Å². The number of anilines is 9. The lowest BCUT2D eigenvalue weighted by Gasteiger charge is -2.31. The maximum atomic E-state index is 6.28. The topological polar surface area (TPSA) is 22.9 Å². The van der Waals surface area contributed by atoms with Gasteiger partial charge in [-0.1, -0.05) is 127 Å². The highest BCUT2D eigenvalue weighted by Crippen LogP contribution is 2.47. The van der Waals surface area contributed by atoms with Crippen molar-refractivity contribution in [3.63, 3.8) is 0 Å². The van der Waals surface area contributed by atoms with E-state index in [1.165, 1.54) is 0 Å². The minimum atomic E-state index is 0.868. The van der Waals surface area contributed by atoms with Gasteiger partial charge in [0.2, 0.25) is 0 Å². The summed E-state index contributed by atoms with van der Waals surface area (Å²) in [6, 6.07) is 83.6. The second-order valence-corrected chi connectivity index (χ2v) is 14.2. The number of furan rings is 1. The molecule has 4 nitrogen and oxygen atoms in total. The largest absolute Gasteiger partial charge is 0.456 e. The van der Waals surface area contributed by atoms with E-state index in [2.05, 4.69) is 239 Å². The van der Waals surface area contributed by atoms with Gasteiger partial charge in [-0.25, -0.2) is 0 Å². The Morgan fingerprint density at radius 2 is 0.672 bits per heavy atom. The average molecular weight is 746 g/mol. The molecule has 10 aromatic rings. The molecule has 1 heterocycles. The highest BCUT2D eigenvalue weighted by Gasteiger charge is 2.23. The SMILES string of the molecule is c1ccc(N(c2ccccc2)c2cc(-c3ccccc3N(c3ccccc3)c3ccc4oc5ccccc5c4c3)cc(N(c3ccccc3)c3ccccc3)c2)cc1. The Kier molecular flexibility index (Phi) is 9.18. The van der Waals surface area contributed by atoms with Crippen molar-refractivity contribution in [3.05, 3.63) is 237 Å². The molecule has 0 spiro atoms. The predicted molar refractivity (Wildman–Crippen MR) is 243 cm³/mol. The van der Waals surface area contributed by atoms with Crippen LogP contribution in [-0.2, 0) is 0 Å². The third-order valence-corrected chi connectivity index (χ3v) is 10.6. The smallest absolute Gasteiger partial charge is 0.135 e. The molecule has 0 aliphatic carbocycles. The first-order valence-corrected chi connectivity index (χ1v) is 19.6. The van der Waals surface area contributed by atoms with Gasteiger partial charge in [0.25, 0.3) is 0 Å². The number of para-hydroxylation sites is 7. The number of benzene rings is 9. The van der Waals surface area contributed by atoms with Crippen LogP contribution >= 0.6 is 0 Å². The molecule has 0 atom stereocenters. The fourth-order valence-corrected chi connectivity index (χ4v) is 7.98.